The normalized spacial score (nSPS) is 23.0. The summed E-state index contributed by atoms with van der Waals surface area (Å²) < 4.78 is 9.77. The van der Waals surface area contributed by atoms with Crippen molar-refractivity contribution in [2.24, 2.45) is 0 Å². The zero-order valence-corrected chi connectivity index (χ0v) is 9.94. The average molecular weight is 241 g/mol. The van der Waals surface area contributed by atoms with Gasteiger partial charge in [-0.1, -0.05) is 0 Å². The molecule has 2 N–H and O–H groups in total. The van der Waals surface area contributed by atoms with Crippen LogP contribution in [-0.2, 0) is 19.1 Å². The molecule has 0 radical (unpaired) electrons. The highest BCUT2D eigenvalue weighted by atomic mass is 16.5. The maximum absolute atomic E-state index is 11.8. The van der Waals surface area contributed by atoms with Gasteiger partial charge in [0.05, 0.1) is 19.3 Å². The molecule has 1 aliphatic heterocycles. The van der Waals surface area contributed by atoms with Crippen molar-refractivity contribution < 1.29 is 24.2 Å². The number of carboxylic acids is 1. The van der Waals surface area contributed by atoms with Gasteiger partial charge in [0.1, 0.15) is 5.76 Å². The molecule has 0 aromatic rings. The quantitative estimate of drug-likeness (QED) is 0.693. The number of allylic oxidation sites excluding steroid dienone is 1. The number of nitrogens with one attached hydrogen (secondary N) is 1. The molecule has 0 saturated carbocycles. The fourth-order valence-corrected chi connectivity index (χ4v) is 1.46. The summed E-state index contributed by atoms with van der Waals surface area (Å²) in [6.45, 7) is 3.29. The number of carbonyl (C=O) groups excluding carboxylic acids is 1. The molecule has 17 heavy (non-hydrogen) atoms. The van der Waals surface area contributed by atoms with Crippen LogP contribution in [0.2, 0.25) is 0 Å². The van der Waals surface area contributed by atoms with Crippen molar-refractivity contribution in [3.8, 4) is 0 Å². The summed E-state index contributed by atoms with van der Waals surface area (Å²) >= 11 is 0. The number of carbonyl (C=O) groups is 2. The van der Waals surface area contributed by atoms with Gasteiger partial charge in [-0.05, 0) is 19.9 Å². The summed E-state index contributed by atoms with van der Waals surface area (Å²) in [6, 6.07) is 0. The van der Waals surface area contributed by atoms with Crippen molar-refractivity contribution in [3.05, 3.63) is 23.6 Å². The number of ether oxygens (including phenoxy) is 2. The molecule has 6 nitrogen and oxygen atoms in total. The van der Waals surface area contributed by atoms with Gasteiger partial charge in [0, 0.05) is 6.20 Å². The molecule has 6 heteroatoms. The number of dihydropyridines is 1. The van der Waals surface area contributed by atoms with Crippen LogP contribution in [0, 0.1) is 0 Å². The third-order valence-corrected chi connectivity index (χ3v) is 2.48. The van der Waals surface area contributed by atoms with E-state index in [0.29, 0.717) is 5.76 Å². The molecule has 1 atom stereocenters. The molecule has 1 rings (SSSR count). The molecule has 0 saturated heterocycles. The second-order valence-corrected chi connectivity index (χ2v) is 3.60. The number of esters is 1. The number of methoxy groups -OCH3 is 1. The lowest BCUT2D eigenvalue weighted by Gasteiger charge is -2.31. The summed E-state index contributed by atoms with van der Waals surface area (Å²) in [5.74, 6) is -1.50. The largest absolute Gasteiger partial charge is 0.495 e. The molecular formula is C11H15NO5. The molecule has 0 bridgehead atoms. The topological polar surface area (TPSA) is 84.9 Å². The Morgan fingerprint density at radius 3 is 2.65 bits per heavy atom. The highest BCUT2D eigenvalue weighted by Gasteiger charge is 2.43. The van der Waals surface area contributed by atoms with Gasteiger partial charge in [0.25, 0.3) is 0 Å². The standard InChI is InChI=1S/C11H15NO5/c1-4-17-10(15)11(2)8(9(13)14)5-7(16-3)6-12-11/h5-6,12H,4H2,1-3H3,(H,13,14). The van der Waals surface area contributed by atoms with Crippen LogP contribution < -0.4 is 5.32 Å². The first-order chi connectivity index (χ1) is 7.95. The van der Waals surface area contributed by atoms with Crippen molar-refractivity contribution in [1.29, 1.82) is 0 Å². The van der Waals surface area contributed by atoms with Gasteiger partial charge < -0.3 is 19.9 Å². The van der Waals surface area contributed by atoms with Gasteiger partial charge in [0.15, 0.2) is 5.54 Å². The predicted octanol–water partition coefficient (Wildman–Crippen LogP) is 0.410. The second kappa shape index (κ2) is 4.90. The van der Waals surface area contributed by atoms with E-state index >= 15 is 0 Å². The first-order valence-electron chi connectivity index (χ1n) is 5.10. The van der Waals surface area contributed by atoms with Gasteiger partial charge in [-0.3, -0.25) is 0 Å². The minimum Gasteiger partial charge on any atom is -0.495 e. The smallest absolute Gasteiger partial charge is 0.336 e. The average Bonchev–Trinajstić information content (AvgIpc) is 2.29. The van der Waals surface area contributed by atoms with Crippen LogP contribution in [0.15, 0.2) is 23.6 Å². The molecule has 1 unspecified atom stereocenters. The van der Waals surface area contributed by atoms with Crippen LogP contribution in [0.25, 0.3) is 0 Å². The van der Waals surface area contributed by atoms with Gasteiger partial charge in [-0.25, -0.2) is 9.59 Å². The molecule has 0 spiro atoms. The lowest BCUT2D eigenvalue weighted by Crippen LogP contribution is -2.53. The Morgan fingerprint density at radius 2 is 2.18 bits per heavy atom. The third kappa shape index (κ3) is 2.41. The van der Waals surface area contributed by atoms with Crippen molar-refractivity contribution in [2.75, 3.05) is 13.7 Å². The molecular weight excluding hydrogens is 226 g/mol. The van der Waals surface area contributed by atoms with Crippen LogP contribution in [0.4, 0.5) is 0 Å². The third-order valence-electron chi connectivity index (χ3n) is 2.48. The number of hydrogen-bond acceptors (Lipinski definition) is 5. The fourth-order valence-electron chi connectivity index (χ4n) is 1.46. The van der Waals surface area contributed by atoms with E-state index in [-0.39, 0.29) is 12.2 Å². The summed E-state index contributed by atoms with van der Waals surface area (Å²) in [5, 5.41) is 11.8. The first kappa shape index (κ1) is 13.1. The zero-order chi connectivity index (χ0) is 13.1. The van der Waals surface area contributed by atoms with Crippen LogP contribution in [0.5, 0.6) is 0 Å². The van der Waals surface area contributed by atoms with E-state index < -0.39 is 17.5 Å². The van der Waals surface area contributed by atoms with E-state index in [0.717, 1.165) is 0 Å². The van der Waals surface area contributed by atoms with E-state index in [1.807, 2.05) is 0 Å². The monoisotopic (exact) mass is 241 g/mol. The summed E-state index contributed by atoms with van der Waals surface area (Å²) in [4.78, 5) is 22.9. The fraction of sp³-hybridized carbons (Fsp3) is 0.455. The Balaban J connectivity index is 3.10. The maximum Gasteiger partial charge on any atom is 0.336 e. The SMILES string of the molecule is CCOC(=O)C1(C)NC=C(OC)C=C1C(=O)O. The van der Waals surface area contributed by atoms with E-state index in [1.165, 1.54) is 26.3 Å². The Kier molecular flexibility index (Phi) is 3.77. The Morgan fingerprint density at radius 1 is 1.53 bits per heavy atom. The Labute approximate surface area is 98.9 Å². The predicted molar refractivity (Wildman–Crippen MR) is 59.0 cm³/mol. The number of aliphatic carboxylic acids is 1. The first-order valence-corrected chi connectivity index (χ1v) is 5.10. The Bertz CT molecular complexity index is 399. The van der Waals surface area contributed by atoms with Crippen molar-refractivity contribution in [2.45, 2.75) is 19.4 Å². The van der Waals surface area contributed by atoms with E-state index in [2.05, 4.69) is 5.32 Å². The van der Waals surface area contributed by atoms with Gasteiger partial charge in [0.2, 0.25) is 0 Å². The number of carboxylic acid groups (broad SMARTS) is 1. The van der Waals surface area contributed by atoms with Gasteiger partial charge in [-0.15, -0.1) is 0 Å². The number of rotatable bonds is 4. The summed E-state index contributed by atoms with van der Waals surface area (Å²) in [6.07, 6.45) is 2.74. The zero-order valence-electron chi connectivity index (χ0n) is 9.94. The van der Waals surface area contributed by atoms with E-state index in [1.54, 1.807) is 6.92 Å². The highest BCUT2D eigenvalue weighted by Crippen LogP contribution is 2.24. The minimum absolute atomic E-state index is 0.115. The second-order valence-electron chi connectivity index (χ2n) is 3.60. The van der Waals surface area contributed by atoms with Crippen molar-refractivity contribution >= 4 is 11.9 Å². The summed E-state index contributed by atoms with van der Waals surface area (Å²) in [5.41, 5.74) is -1.51. The van der Waals surface area contributed by atoms with Crippen molar-refractivity contribution in [1.82, 2.24) is 5.32 Å². The summed E-state index contributed by atoms with van der Waals surface area (Å²) in [7, 11) is 1.41. The van der Waals surface area contributed by atoms with Crippen LogP contribution >= 0.6 is 0 Å². The van der Waals surface area contributed by atoms with Gasteiger partial charge in [-0.2, -0.15) is 0 Å². The van der Waals surface area contributed by atoms with Crippen molar-refractivity contribution in [3.63, 3.8) is 0 Å². The molecule has 0 fully saturated rings. The van der Waals surface area contributed by atoms with Gasteiger partial charge >= 0.3 is 11.9 Å². The maximum atomic E-state index is 11.8. The lowest BCUT2D eigenvalue weighted by molar-refractivity contribution is -0.150. The number of hydrogen-bond donors (Lipinski definition) is 2. The van der Waals surface area contributed by atoms with Crippen LogP contribution in [0.3, 0.4) is 0 Å². The van der Waals surface area contributed by atoms with E-state index in [4.69, 9.17) is 14.6 Å². The van der Waals surface area contributed by atoms with E-state index in [9.17, 15) is 9.59 Å². The highest BCUT2D eigenvalue weighted by molar-refractivity contribution is 6.00. The van der Waals surface area contributed by atoms with Crippen LogP contribution in [-0.4, -0.2) is 36.3 Å². The molecule has 0 amide bonds. The molecule has 94 valence electrons. The molecule has 1 aliphatic rings. The molecule has 1 heterocycles. The van der Waals surface area contributed by atoms with Crippen LogP contribution in [0.1, 0.15) is 13.8 Å². The molecule has 0 aliphatic carbocycles. The molecule has 0 aromatic heterocycles. The Hall–Kier alpha value is -1.98. The molecule has 0 aromatic carbocycles. The minimum atomic E-state index is -1.40. The lowest BCUT2D eigenvalue weighted by atomic mass is 9.89.